The van der Waals surface area contributed by atoms with Crippen molar-refractivity contribution in [1.29, 1.82) is 0 Å². The SMILES string of the molecule is CC1CCC(S(N)(=O)=O)C1. The number of sulfonamides is 1. The molecule has 0 heterocycles. The Balaban J connectivity index is 2.62. The molecule has 60 valence electrons. The maximum Gasteiger partial charge on any atom is 0.211 e. The summed E-state index contributed by atoms with van der Waals surface area (Å²) in [7, 11) is -3.24. The molecule has 3 nitrogen and oxygen atoms in total. The molecule has 0 aromatic heterocycles. The summed E-state index contributed by atoms with van der Waals surface area (Å²) < 4.78 is 21.5. The van der Waals surface area contributed by atoms with E-state index in [1.165, 1.54) is 0 Å². The molecule has 1 rings (SSSR count). The Morgan fingerprint density at radius 1 is 1.40 bits per heavy atom. The molecule has 0 aromatic rings. The van der Waals surface area contributed by atoms with E-state index in [0.717, 1.165) is 19.3 Å². The number of hydrogen-bond donors (Lipinski definition) is 1. The zero-order chi connectivity index (χ0) is 7.78. The van der Waals surface area contributed by atoms with Gasteiger partial charge in [0.15, 0.2) is 0 Å². The Morgan fingerprint density at radius 3 is 2.20 bits per heavy atom. The third-order valence-electron chi connectivity index (χ3n) is 2.11. The first-order chi connectivity index (χ1) is 4.50. The molecule has 2 N–H and O–H groups in total. The fraction of sp³-hybridized carbons (Fsp3) is 1.00. The molecule has 2 unspecified atom stereocenters. The van der Waals surface area contributed by atoms with Gasteiger partial charge in [0.25, 0.3) is 0 Å². The van der Waals surface area contributed by atoms with Crippen molar-refractivity contribution in [3.8, 4) is 0 Å². The van der Waals surface area contributed by atoms with E-state index in [9.17, 15) is 8.42 Å². The molecular formula is C6H13NO2S. The van der Waals surface area contributed by atoms with E-state index in [-0.39, 0.29) is 5.25 Å². The minimum atomic E-state index is -3.24. The average Bonchev–Trinajstić information content (AvgIpc) is 2.11. The fourth-order valence-corrected chi connectivity index (χ4v) is 2.51. The standard InChI is InChI=1S/C6H13NO2S/c1-5-2-3-6(4-5)10(7,8)9/h5-6H,2-4H2,1H3,(H2,7,8,9). The first kappa shape index (κ1) is 8.01. The highest BCUT2D eigenvalue weighted by molar-refractivity contribution is 7.89. The Bertz CT molecular complexity index is 210. The minimum absolute atomic E-state index is 0.262. The van der Waals surface area contributed by atoms with Crippen molar-refractivity contribution in [2.75, 3.05) is 0 Å². The van der Waals surface area contributed by atoms with Crippen LogP contribution in [0.2, 0.25) is 0 Å². The van der Waals surface area contributed by atoms with Gasteiger partial charge in [-0.3, -0.25) is 0 Å². The van der Waals surface area contributed by atoms with Crippen LogP contribution < -0.4 is 5.14 Å². The third kappa shape index (κ3) is 1.70. The lowest BCUT2D eigenvalue weighted by molar-refractivity contribution is 0.572. The molecule has 0 bridgehead atoms. The summed E-state index contributed by atoms with van der Waals surface area (Å²) >= 11 is 0. The van der Waals surface area contributed by atoms with Gasteiger partial charge in [0.05, 0.1) is 5.25 Å². The molecule has 1 saturated carbocycles. The van der Waals surface area contributed by atoms with Crippen LogP contribution in [0.3, 0.4) is 0 Å². The van der Waals surface area contributed by atoms with Crippen LogP contribution in [0, 0.1) is 5.92 Å². The first-order valence-corrected chi connectivity index (χ1v) is 5.12. The van der Waals surface area contributed by atoms with Crippen LogP contribution in [0.4, 0.5) is 0 Å². The molecule has 1 fully saturated rings. The van der Waals surface area contributed by atoms with Crippen molar-refractivity contribution >= 4 is 10.0 Å². The number of hydrogen-bond acceptors (Lipinski definition) is 2. The third-order valence-corrected chi connectivity index (χ3v) is 3.47. The van der Waals surface area contributed by atoms with Crippen LogP contribution >= 0.6 is 0 Å². The van der Waals surface area contributed by atoms with Crippen molar-refractivity contribution in [3.63, 3.8) is 0 Å². The van der Waals surface area contributed by atoms with E-state index in [2.05, 4.69) is 6.92 Å². The van der Waals surface area contributed by atoms with Crippen LogP contribution in [-0.4, -0.2) is 13.7 Å². The molecule has 1 aliphatic rings. The molecule has 0 aromatic carbocycles. The van der Waals surface area contributed by atoms with Gasteiger partial charge >= 0.3 is 0 Å². The van der Waals surface area contributed by atoms with Crippen LogP contribution in [0.1, 0.15) is 26.2 Å². The lowest BCUT2D eigenvalue weighted by Crippen LogP contribution is -2.25. The number of primary sulfonamides is 1. The minimum Gasteiger partial charge on any atom is -0.228 e. The van der Waals surface area contributed by atoms with E-state index < -0.39 is 10.0 Å². The van der Waals surface area contributed by atoms with Gasteiger partial charge in [0.2, 0.25) is 10.0 Å². The van der Waals surface area contributed by atoms with Crippen LogP contribution in [-0.2, 0) is 10.0 Å². The molecule has 0 spiro atoms. The molecule has 4 heteroatoms. The normalized spacial score (nSPS) is 34.6. The first-order valence-electron chi connectivity index (χ1n) is 3.52. The molecule has 0 saturated heterocycles. The Hall–Kier alpha value is -0.0900. The largest absolute Gasteiger partial charge is 0.228 e. The van der Waals surface area contributed by atoms with Gasteiger partial charge in [-0.2, -0.15) is 0 Å². The number of nitrogens with two attached hydrogens (primary N) is 1. The summed E-state index contributed by atoms with van der Waals surface area (Å²) in [5.74, 6) is 0.531. The van der Waals surface area contributed by atoms with E-state index in [1.54, 1.807) is 0 Å². The second-order valence-corrected chi connectivity index (χ2v) is 4.97. The van der Waals surface area contributed by atoms with Crippen LogP contribution in [0.5, 0.6) is 0 Å². The van der Waals surface area contributed by atoms with Crippen LogP contribution in [0.15, 0.2) is 0 Å². The Kier molecular flexibility index (Phi) is 2.01. The summed E-state index contributed by atoms with van der Waals surface area (Å²) in [6, 6.07) is 0. The predicted molar refractivity (Wildman–Crippen MR) is 39.9 cm³/mol. The van der Waals surface area contributed by atoms with Gasteiger partial charge in [-0.25, -0.2) is 13.6 Å². The molecule has 0 amide bonds. The van der Waals surface area contributed by atoms with E-state index in [4.69, 9.17) is 5.14 Å². The van der Waals surface area contributed by atoms with Gasteiger partial charge < -0.3 is 0 Å². The highest BCUT2D eigenvalue weighted by atomic mass is 32.2. The summed E-state index contributed by atoms with van der Waals surface area (Å²) in [5.41, 5.74) is 0. The molecule has 0 aliphatic heterocycles. The van der Waals surface area contributed by atoms with Gasteiger partial charge in [-0.1, -0.05) is 6.92 Å². The summed E-state index contributed by atoms with van der Waals surface area (Å²) in [4.78, 5) is 0. The van der Waals surface area contributed by atoms with Crippen molar-refractivity contribution in [3.05, 3.63) is 0 Å². The van der Waals surface area contributed by atoms with Crippen molar-refractivity contribution in [1.82, 2.24) is 0 Å². The second kappa shape index (κ2) is 2.51. The second-order valence-electron chi connectivity index (χ2n) is 3.13. The maximum absolute atomic E-state index is 10.8. The van der Waals surface area contributed by atoms with Crippen molar-refractivity contribution < 1.29 is 8.42 Å². The molecule has 2 atom stereocenters. The Morgan fingerprint density at radius 2 is 2.00 bits per heavy atom. The smallest absolute Gasteiger partial charge is 0.211 e. The molecule has 0 radical (unpaired) electrons. The zero-order valence-corrected chi connectivity index (χ0v) is 6.89. The summed E-state index contributed by atoms with van der Waals surface area (Å²) in [5, 5.41) is 4.71. The molecular weight excluding hydrogens is 150 g/mol. The van der Waals surface area contributed by atoms with Crippen LogP contribution in [0.25, 0.3) is 0 Å². The monoisotopic (exact) mass is 163 g/mol. The fourth-order valence-electron chi connectivity index (χ4n) is 1.45. The quantitative estimate of drug-likeness (QED) is 0.610. The van der Waals surface area contributed by atoms with E-state index >= 15 is 0 Å². The summed E-state index contributed by atoms with van der Waals surface area (Å²) in [6.07, 6.45) is 2.50. The topological polar surface area (TPSA) is 60.2 Å². The highest BCUT2D eigenvalue weighted by Gasteiger charge is 2.29. The van der Waals surface area contributed by atoms with E-state index in [0.29, 0.717) is 5.92 Å². The zero-order valence-electron chi connectivity index (χ0n) is 6.08. The molecule has 10 heavy (non-hydrogen) atoms. The lowest BCUT2D eigenvalue weighted by atomic mass is 10.1. The van der Waals surface area contributed by atoms with Gasteiger partial charge in [0, 0.05) is 0 Å². The highest BCUT2D eigenvalue weighted by Crippen LogP contribution is 2.28. The van der Waals surface area contributed by atoms with Gasteiger partial charge in [-0.15, -0.1) is 0 Å². The lowest BCUT2D eigenvalue weighted by Gasteiger charge is -2.04. The van der Waals surface area contributed by atoms with Crippen molar-refractivity contribution in [2.24, 2.45) is 11.1 Å². The average molecular weight is 163 g/mol. The van der Waals surface area contributed by atoms with E-state index in [1.807, 2.05) is 0 Å². The number of rotatable bonds is 1. The van der Waals surface area contributed by atoms with Crippen molar-refractivity contribution in [2.45, 2.75) is 31.4 Å². The van der Waals surface area contributed by atoms with Gasteiger partial charge in [0.1, 0.15) is 0 Å². The molecule has 1 aliphatic carbocycles. The maximum atomic E-state index is 10.8. The predicted octanol–water partition coefficient (Wildman–Crippen LogP) is 0.464. The summed E-state index contributed by atoms with van der Waals surface area (Å²) in [6.45, 7) is 2.06. The Labute approximate surface area is 61.7 Å². The van der Waals surface area contributed by atoms with Gasteiger partial charge in [-0.05, 0) is 25.2 Å².